The fourth-order valence-electron chi connectivity index (χ4n) is 2.15. The van der Waals surface area contributed by atoms with Crippen molar-refractivity contribution in [1.82, 2.24) is 9.55 Å². The summed E-state index contributed by atoms with van der Waals surface area (Å²) in [5, 5.41) is 0. The predicted octanol–water partition coefficient (Wildman–Crippen LogP) is 2.88. The van der Waals surface area contributed by atoms with Crippen LogP contribution in [0.15, 0.2) is 18.2 Å². The second-order valence-electron chi connectivity index (χ2n) is 4.62. The Labute approximate surface area is 123 Å². The number of rotatable bonds is 4. The van der Waals surface area contributed by atoms with Crippen LogP contribution in [0.1, 0.15) is 24.4 Å². The molecule has 1 aromatic carbocycles. The minimum atomic E-state index is -4.44. The van der Waals surface area contributed by atoms with E-state index >= 15 is 0 Å². The van der Waals surface area contributed by atoms with Crippen LogP contribution in [0, 0.1) is 0 Å². The molecule has 0 radical (unpaired) electrons. The normalized spacial score (nSPS) is 13.6. The smallest absolute Gasteiger partial charge is 0.368 e. The van der Waals surface area contributed by atoms with Crippen LogP contribution in [-0.4, -0.2) is 21.3 Å². The Hall–Kier alpha value is -1.76. The Kier molecular flexibility index (Phi) is 4.13. The fourth-order valence-corrected chi connectivity index (χ4v) is 2.31. The first-order valence-corrected chi connectivity index (χ1v) is 6.72. The minimum absolute atomic E-state index is 0.165. The summed E-state index contributed by atoms with van der Waals surface area (Å²) in [6.07, 6.45) is -4.12. The largest absolute Gasteiger partial charge is 0.416 e. The topological polar surface area (TPSA) is 60.9 Å². The first-order valence-electron chi connectivity index (χ1n) is 6.19. The van der Waals surface area contributed by atoms with Gasteiger partial charge in [0.2, 0.25) is 5.91 Å². The first-order chi connectivity index (χ1) is 9.75. The van der Waals surface area contributed by atoms with E-state index in [2.05, 4.69) is 4.98 Å². The zero-order chi connectivity index (χ0) is 15.8. The van der Waals surface area contributed by atoms with Crippen molar-refractivity contribution in [3.05, 3.63) is 29.6 Å². The number of carbonyl (C=O) groups is 1. The van der Waals surface area contributed by atoms with Crippen molar-refractivity contribution < 1.29 is 18.0 Å². The van der Waals surface area contributed by atoms with E-state index in [0.29, 0.717) is 17.8 Å². The van der Waals surface area contributed by atoms with Crippen LogP contribution in [-0.2, 0) is 17.4 Å². The number of fused-ring (bicyclic) bond motifs is 1. The first kappa shape index (κ1) is 15.6. The van der Waals surface area contributed by atoms with Crippen LogP contribution < -0.4 is 5.73 Å². The van der Waals surface area contributed by atoms with Gasteiger partial charge in [0, 0.05) is 12.3 Å². The van der Waals surface area contributed by atoms with Gasteiger partial charge in [-0.2, -0.15) is 13.2 Å². The maximum absolute atomic E-state index is 12.7. The predicted molar refractivity (Wildman–Crippen MR) is 73.1 cm³/mol. The molecule has 0 saturated heterocycles. The van der Waals surface area contributed by atoms with E-state index in [1.165, 1.54) is 10.6 Å². The number of benzene rings is 1. The standard InChI is InChI=1S/C13H13ClF3N3O/c1-7(12(18)21)20-10-3-2-8(13(15,16)17)6-9(10)19-11(20)4-5-14/h2-3,6-7H,4-5H2,1H3,(H2,18,21). The molecule has 114 valence electrons. The molecule has 4 nitrogen and oxygen atoms in total. The van der Waals surface area contributed by atoms with E-state index in [4.69, 9.17) is 17.3 Å². The minimum Gasteiger partial charge on any atom is -0.368 e. The number of aromatic nitrogens is 2. The van der Waals surface area contributed by atoms with Crippen LogP contribution >= 0.6 is 11.6 Å². The third-order valence-electron chi connectivity index (χ3n) is 3.21. The molecule has 0 aliphatic carbocycles. The summed E-state index contributed by atoms with van der Waals surface area (Å²) in [6, 6.07) is 2.49. The van der Waals surface area contributed by atoms with Crippen LogP contribution in [0.2, 0.25) is 0 Å². The zero-order valence-corrected chi connectivity index (χ0v) is 11.9. The number of aryl methyl sites for hydroxylation is 1. The van der Waals surface area contributed by atoms with Crippen molar-refractivity contribution in [2.24, 2.45) is 5.73 Å². The van der Waals surface area contributed by atoms with Gasteiger partial charge in [-0.3, -0.25) is 4.79 Å². The summed E-state index contributed by atoms with van der Waals surface area (Å²) in [5.41, 5.74) is 5.08. The molecule has 0 spiro atoms. The van der Waals surface area contributed by atoms with Crippen molar-refractivity contribution in [2.45, 2.75) is 25.6 Å². The Morgan fingerprint density at radius 2 is 2.14 bits per heavy atom. The highest BCUT2D eigenvalue weighted by atomic mass is 35.5. The van der Waals surface area contributed by atoms with Crippen LogP contribution in [0.5, 0.6) is 0 Å². The zero-order valence-electron chi connectivity index (χ0n) is 11.1. The molecule has 21 heavy (non-hydrogen) atoms. The third kappa shape index (κ3) is 2.97. The molecule has 0 saturated carbocycles. The Morgan fingerprint density at radius 3 is 2.67 bits per heavy atom. The molecule has 1 aromatic heterocycles. The molecule has 1 amide bonds. The number of imidazole rings is 1. The highest BCUT2D eigenvalue weighted by Gasteiger charge is 2.31. The quantitative estimate of drug-likeness (QED) is 0.881. The van der Waals surface area contributed by atoms with Gasteiger partial charge in [0.1, 0.15) is 11.9 Å². The van der Waals surface area contributed by atoms with Crippen molar-refractivity contribution in [3.63, 3.8) is 0 Å². The van der Waals surface area contributed by atoms with Crippen LogP contribution in [0.25, 0.3) is 11.0 Å². The lowest BCUT2D eigenvalue weighted by molar-refractivity contribution is -0.137. The van der Waals surface area contributed by atoms with Crippen LogP contribution in [0.3, 0.4) is 0 Å². The molecule has 2 N–H and O–H groups in total. The van der Waals surface area contributed by atoms with Gasteiger partial charge >= 0.3 is 6.18 Å². The van der Waals surface area contributed by atoms with Gasteiger partial charge in [-0.1, -0.05) is 0 Å². The van der Waals surface area contributed by atoms with E-state index in [1.54, 1.807) is 6.92 Å². The number of primary amides is 1. The summed E-state index contributed by atoms with van der Waals surface area (Å²) >= 11 is 5.67. The molecule has 0 aliphatic heterocycles. The van der Waals surface area contributed by atoms with Gasteiger partial charge < -0.3 is 10.3 Å². The molecule has 1 unspecified atom stereocenters. The monoisotopic (exact) mass is 319 g/mol. The van der Waals surface area contributed by atoms with Crippen molar-refractivity contribution in [1.29, 1.82) is 0 Å². The molecule has 0 aliphatic rings. The lowest BCUT2D eigenvalue weighted by atomic mass is 10.2. The number of nitrogens with zero attached hydrogens (tertiary/aromatic N) is 2. The Balaban J connectivity index is 2.65. The molecule has 8 heteroatoms. The molecule has 0 bridgehead atoms. The van der Waals surface area contributed by atoms with E-state index in [1.807, 2.05) is 0 Å². The summed E-state index contributed by atoms with van der Waals surface area (Å²) in [7, 11) is 0. The maximum Gasteiger partial charge on any atom is 0.416 e. The number of nitrogens with two attached hydrogens (primary N) is 1. The fraction of sp³-hybridized carbons (Fsp3) is 0.385. The van der Waals surface area contributed by atoms with Gasteiger partial charge in [0.15, 0.2) is 0 Å². The number of hydrogen-bond acceptors (Lipinski definition) is 2. The van der Waals surface area contributed by atoms with Crippen molar-refractivity contribution >= 4 is 28.5 Å². The average Bonchev–Trinajstić information content (AvgIpc) is 2.74. The Bertz CT molecular complexity index is 681. The van der Waals surface area contributed by atoms with Crippen LogP contribution in [0.4, 0.5) is 13.2 Å². The second kappa shape index (κ2) is 5.55. The summed E-state index contributed by atoms with van der Waals surface area (Å²) < 4.78 is 39.7. The van der Waals surface area contributed by atoms with Gasteiger partial charge in [-0.15, -0.1) is 11.6 Å². The number of hydrogen-bond donors (Lipinski definition) is 1. The molecular weight excluding hydrogens is 307 g/mol. The van der Waals surface area contributed by atoms with Gasteiger partial charge in [-0.25, -0.2) is 4.98 Å². The average molecular weight is 320 g/mol. The van der Waals surface area contributed by atoms with E-state index in [-0.39, 0.29) is 11.4 Å². The molecule has 2 rings (SSSR count). The summed E-state index contributed by atoms with van der Waals surface area (Å²) in [5.74, 6) is 0.0802. The maximum atomic E-state index is 12.7. The molecule has 2 aromatic rings. The second-order valence-corrected chi connectivity index (χ2v) is 4.99. The SMILES string of the molecule is CC(C(N)=O)n1c(CCCl)nc2cc(C(F)(F)F)ccc21. The number of halogens is 4. The van der Waals surface area contributed by atoms with E-state index in [0.717, 1.165) is 12.1 Å². The third-order valence-corrected chi connectivity index (χ3v) is 3.40. The molecule has 0 fully saturated rings. The summed E-state index contributed by atoms with van der Waals surface area (Å²) in [6.45, 7) is 1.57. The highest BCUT2D eigenvalue weighted by Crippen LogP contribution is 2.32. The van der Waals surface area contributed by atoms with E-state index in [9.17, 15) is 18.0 Å². The highest BCUT2D eigenvalue weighted by molar-refractivity contribution is 6.17. The van der Waals surface area contributed by atoms with Crippen molar-refractivity contribution in [3.8, 4) is 0 Å². The van der Waals surface area contributed by atoms with E-state index < -0.39 is 23.7 Å². The van der Waals surface area contributed by atoms with Crippen molar-refractivity contribution in [2.75, 3.05) is 5.88 Å². The summed E-state index contributed by atoms with van der Waals surface area (Å²) in [4.78, 5) is 15.5. The number of alkyl halides is 4. The number of amides is 1. The Morgan fingerprint density at radius 1 is 1.48 bits per heavy atom. The lowest BCUT2D eigenvalue weighted by Gasteiger charge is -2.14. The number of carbonyl (C=O) groups excluding carboxylic acids is 1. The van der Waals surface area contributed by atoms with Gasteiger partial charge in [-0.05, 0) is 25.1 Å². The van der Waals surface area contributed by atoms with Gasteiger partial charge in [0.05, 0.1) is 16.6 Å². The molecular formula is C13H13ClF3N3O. The van der Waals surface area contributed by atoms with Gasteiger partial charge in [0.25, 0.3) is 0 Å². The molecule has 1 heterocycles. The molecule has 1 atom stereocenters. The lowest BCUT2D eigenvalue weighted by Crippen LogP contribution is -2.25.